The zero-order chi connectivity index (χ0) is 27.2. The van der Waals surface area contributed by atoms with Gasteiger partial charge in [0.25, 0.3) is 0 Å². The number of fused-ring (bicyclic) bond motifs is 8. The van der Waals surface area contributed by atoms with Gasteiger partial charge < -0.3 is 0 Å². The summed E-state index contributed by atoms with van der Waals surface area (Å²) in [6.07, 6.45) is 10.8. The quantitative estimate of drug-likeness (QED) is 0.184. The number of hydrogen-bond acceptors (Lipinski definition) is 0. The van der Waals surface area contributed by atoms with Crippen LogP contribution in [0.1, 0.15) is 66.4 Å². The van der Waals surface area contributed by atoms with E-state index in [9.17, 15) is 0 Å². The molecule has 0 nitrogen and oxygen atoms in total. The van der Waals surface area contributed by atoms with Crippen LogP contribution in [0.3, 0.4) is 0 Å². The Morgan fingerprint density at radius 1 is 0.600 bits per heavy atom. The third kappa shape index (κ3) is 3.40. The van der Waals surface area contributed by atoms with Crippen LogP contribution >= 0.6 is 0 Å². The molecule has 4 aliphatic rings. The van der Waals surface area contributed by atoms with Gasteiger partial charge in [-0.05, 0) is 0 Å². The van der Waals surface area contributed by atoms with Crippen LogP contribution in [0.25, 0.3) is 34.4 Å². The van der Waals surface area contributed by atoms with E-state index in [0.717, 1.165) is 0 Å². The van der Waals surface area contributed by atoms with Crippen LogP contribution < -0.4 is 0 Å². The Bertz CT molecular complexity index is 1630. The third-order valence-electron chi connectivity index (χ3n) is 10.8. The van der Waals surface area contributed by atoms with E-state index in [2.05, 4.69) is 120 Å². The van der Waals surface area contributed by atoms with Gasteiger partial charge in [-0.3, -0.25) is 0 Å². The molecule has 1 aliphatic heterocycles. The van der Waals surface area contributed by atoms with Crippen LogP contribution in [-0.4, -0.2) is 0 Å². The number of aryl methyl sites for hydroxylation is 2. The minimum atomic E-state index is -3.01. The minimum absolute atomic E-state index is 0.233. The van der Waals surface area contributed by atoms with Crippen molar-refractivity contribution in [2.75, 3.05) is 0 Å². The molecule has 1 heterocycles. The van der Waals surface area contributed by atoms with Gasteiger partial charge in [0, 0.05) is 0 Å². The molecule has 198 valence electrons. The molecule has 1 saturated carbocycles. The zero-order valence-corrected chi connectivity index (χ0v) is 27.8. The average Bonchev–Trinajstić information content (AvgIpc) is 3.68. The number of rotatable bonds is 2. The van der Waals surface area contributed by atoms with Gasteiger partial charge in [-0.25, -0.2) is 0 Å². The van der Waals surface area contributed by atoms with Gasteiger partial charge in [0.05, 0.1) is 0 Å². The van der Waals surface area contributed by atoms with Crippen molar-refractivity contribution in [3.8, 4) is 22.3 Å². The molecule has 3 aliphatic carbocycles. The molecular formula is C39H38Hf. The van der Waals surface area contributed by atoms with Crippen LogP contribution in [0, 0.1) is 19.3 Å². The SMILES string of the molecule is Cc1cccc(-c2cccc3c2C=C2[CH]3[Hf]([CH3])([CH3])[CH]3C(=Cc4c(-c5cccc(C)c5)cccc43)C23CCCC3)c1. The van der Waals surface area contributed by atoms with Crippen LogP contribution in [0.5, 0.6) is 0 Å². The van der Waals surface area contributed by atoms with E-state index in [0.29, 0.717) is 7.35 Å². The standard InChI is InChI=1S/C37H32.2CH3.Hf/c1-25-9-5-11-27(19-25)33-15-7-13-29-21-31(23-35(29)33)37(17-3-4-18-37)32-22-30-14-8-16-34(36(30)24-32)28-12-6-10-26(2)20-28;;;/h5-16,19-24H,3-4,17-18H2,1-2H3;2*1H3;. The molecule has 1 saturated heterocycles. The summed E-state index contributed by atoms with van der Waals surface area (Å²) < 4.78 is 6.91. The van der Waals surface area contributed by atoms with Crippen molar-refractivity contribution in [3.63, 3.8) is 0 Å². The second-order valence-corrected chi connectivity index (χ2v) is 30.8. The van der Waals surface area contributed by atoms with Crippen molar-refractivity contribution in [1.82, 2.24) is 0 Å². The summed E-state index contributed by atoms with van der Waals surface area (Å²) in [4.78, 5) is 0. The summed E-state index contributed by atoms with van der Waals surface area (Å²) in [7, 11) is 0. The van der Waals surface area contributed by atoms with E-state index in [1.54, 1.807) is 22.3 Å². The molecule has 2 fully saturated rings. The second-order valence-electron chi connectivity index (χ2n) is 13.5. The topological polar surface area (TPSA) is 0 Å². The fourth-order valence-corrected chi connectivity index (χ4v) is 26.4. The zero-order valence-electron chi connectivity index (χ0n) is 24.2. The maximum absolute atomic E-state index is 3.01. The molecule has 0 bridgehead atoms. The molecular weight excluding hydrogens is 647 g/mol. The number of benzene rings is 4. The monoisotopic (exact) mass is 686 g/mol. The first-order chi connectivity index (χ1) is 19.4. The molecule has 2 unspecified atom stereocenters. The second kappa shape index (κ2) is 8.86. The first-order valence-corrected chi connectivity index (χ1v) is 26.6. The van der Waals surface area contributed by atoms with E-state index >= 15 is 0 Å². The first-order valence-electron chi connectivity index (χ1n) is 15.2. The van der Waals surface area contributed by atoms with Gasteiger partial charge in [0.2, 0.25) is 0 Å². The van der Waals surface area contributed by atoms with Crippen LogP contribution in [0.15, 0.2) is 96.1 Å². The van der Waals surface area contributed by atoms with E-state index in [1.165, 1.54) is 70.2 Å². The van der Waals surface area contributed by atoms with Crippen molar-refractivity contribution in [3.05, 3.63) is 129 Å². The van der Waals surface area contributed by atoms with E-state index in [4.69, 9.17) is 0 Å². The van der Waals surface area contributed by atoms with Crippen LogP contribution in [0.4, 0.5) is 0 Å². The Hall–Kier alpha value is -2.77. The van der Waals surface area contributed by atoms with Gasteiger partial charge in [-0.1, -0.05) is 0 Å². The molecule has 1 heteroatoms. The predicted molar refractivity (Wildman–Crippen MR) is 167 cm³/mol. The molecule has 4 aromatic rings. The van der Waals surface area contributed by atoms with Crippen molar-refractivity contribution in [2.45, 2.75) is 56.2 Å². The number of hydrogen-bond donors (Lipinski definition) is 0. The summed E-state index contributed by atoms with van der Waals surface area (Å²) in [5.74, 6) is 0. The van der Waals surface area contributed by atoms with Crippen LogP contribution in [-0.2, 0) is 20.0 Å². The molecule has 4 aromatic carbocycles. The predicted octanol–water partition coefficient (Wildman–Crippen LogP) is 11.0. The van der Waals surface area contributed by atoms with Crippen molar-refractivity contribution in [1.29, 1.82) is 0 Å². The van der Waals surface area contributed by atoms with Gasteiger partial charge in [-0.2, -0.15) is 0 Å². The summed E-state index contributed by atoms with van der Waals surface area (Å²) in [5, 5.41) is 0. The Balaban J connectivity index is 1.36. The van der Waals surface area contributed by atoms with Gasteiger partial charge >= 0.3 is 245 Å². The Labute approximate surface area is 244 Å². The third-order valence-corrected chi connectivity index (χ3v) is 26.0. The van der Waals surface area contributed by atoms with Crippen molar-refractivity contribution in [2.24, 2.45) is 5.41 Å². The number of allylic oxidation sites excluding steroid dienone is 2. The summed E-state index contributed by atoms with van der Waals surface area (Å²) in [5.41, 5.74) is 18.5. The van der Waals surface area contributed by atoms with Crippen molar-refractivity contribution < 1.29 is 20.0 Å². The van der Waals surface area contributed by atoms with Gasteiger partial charge in [0.15, 0.2) is 0 Å². The normalized spacial score (nSPS) is 22.8. The Morgan fingerprint density at radius 3 is 1.50 bits per heavy atom. The fraction of sp³-hybridized carbons (Fsp3) is 0.282. The Kier molecular flexibility index (Phi) is 5.53. The van der Waals surface area contributed by atoms with Gasteiger partial charge in [-0.15, -0.1) is 0 Å². The molecule has 8 rings (SSSR count). The molecule has 1 spiro atoms. The molecule has 0 radical (unpaired) electrons. The van der Waals surface area contributed by atoms with Crippen LogP contribution in [0.2, 0.25) is 9.36 Å². The Morgan fingerprint density at radius 2 is 1.05 bits per heavy atom. The first kappa shape index (κ1) is 25.0. The molecule has 40 heavy (non-hydrogen) atoms. The van der Waals surface area contributed by atoms with E-state index in [-0.39, 0.29) is 5.41 Å². The summed E-state index contributed by atoms with van der Waals surface area (Å²) in [6, 6.07) is 32.7. The molecule has 0 N–H and O–H groups in total. The average molecular weight is 685 g/mol. The molecule has 0 aromatic heterocycles. The van der Waals surface area contributed by atoms with E-state index in [1.807, 2.05) is 0 Å². The summed E-state index contributed by atoms with van der Waals surface area (Å²) in [6.45, 7) is 4.43. The fourth-order valence-electron chi connectivity index (χ4n) is 9.25. The summed E-state index contributed by atoms with van der Waals surface area (Å²) >= 11 is -3.01. The van der Waals surface area contributed by atoms with Gasteiger partial charge in [0.1, 0.15) is 0 Å². The maximum atomic E-state index is 2.79. The van der Waals surface area contributed by atoms with E-state index < -0.39 is 20.0 Å². The molecule has 0 amide bonds. The van der Waals surface area contributed by atoms with Crippen molar-refractivity contribution >= 4 is 12.2 Å². The molecule has 2 atom stereocenters.